The Bertz CT molecular complexity index is 405. The van der Waals surface area contributed by atoms with Crippen LogP contribution in [0.25, 0.3) is 0 Å². The summed E-state index contributed by atoms with van der Waals surface area (Å²) < 4.78 is 12.9. The van der Waals surface area contributed by atoms with E-state index in [1.165, 1.54) is 12.1 Å². The molecular weight excluding hydrogens is 213 g/mol. The Morgan fingerprint density at radius 2 is 2.40 bits per heavy atom. The number of thiocarbonyl (C=S) groups is 1. The van der Waals surface area contributed by atoms with Gasteiger partial charge in [-0.15, -0.1) is 0 Å². The number of hydrogen-bond donors (Lipinski definition) is 1. The third-order valence-corrected chi connectivity index (χ3v) is 2.36. The molecule has 0 aromatic heterocycles. The van der Waals surface area contributed by atoms with Crippen LogP contribution >= 0.6 is 12.2 Å². The van der Waals surface area contributed by atoms with Crippen LogP contribution in [0.2, 0.25) is 0 Å². The van der Waals surface area contributed by atoms with Crippen molar-refractivity contribution in [2.45, 2.75) is 0 Å². The van der Waals surface area contributed by atoms with E-state index in [2.05, 4.69) is 10.3 Å². The Balaban J connectivity index is 2.02. The van der Waals surface area contributed by atoms with Crippen molar-refractivity contribution in [3.8, 4) is 0 Å². The highest BCUT2D eigenvalue weighted by Gasteiger charge is 2.10. The molecule has 0 saturated carbocycles. The summed E-state index contributed by atoms with van der Waals surface area (Å²) in [4.78, 5) is 5.86. The van der Waals surface area contributed by atoms with Crippen LogP contribution < -0.4 is 5.32 Å². The lowest BCUT2D eigenvalue weighted by atomic mass is 10.3. The van der Waals surface area contributed by atoms with Crippen LogP contribution in [0.4, 0.5) is 10.1 Å². The number of halogens is 1. The zero-order valence-electron chi connectivity index (χ0n) is 7.98. The Labute approximate surface area is 92.6 Å². The maximum absolute atomic E-state index is 12.9. The highest BCUT2D eigenvalue weighted by atomic mass is 32.1. The molecular formula is C10H10FN3S. The first-order chi connectivity index (χ1) is 7.25. The fourth-order valence-corrected chi connectivity index (χ4v) is 1.55. The first-order valence-corrected chi connectivity index (χ1v) is 5.00. The van der Waals surface area contributed by atoms with Crippen molar-refractivity contribution in [2.75, 3.05) is 18.4 Å². The fraction of sp³-hybridized carbons (Fsp3) is 0.200. The van der Waals surface area contributed by atoms with Gasteiger partial charge in [0.05, 0.1) is 12.9 Å². The molecule has 0 aliphatic carbocycles. The fourth-order valence-electron chi connectivity index (χ4n) is 1.29. The number of aliphatic imine (C=N–C) groups is 1. The second-order valence-electron chi connectivity index (χ2n) is 3.16. The second kappa shape index (κ2) is 4.35. The van der Waals surface area contributed by atoms with Gasteiger partial charge in [-0.05, 0) is 30.4 Å². The zero-order valence-corrected chi connectivity index (χ0v) is 8.80. The Morgan fingerprint density at radius 1 is 1.53 bits per heavy atom. The Kier molecular flexibility index (Phi) is 2.91. The minimum atomic E-state index is -0.280. The average molecular weight is 223 g/mol. The van der Waals surface area contributed by atoms with Crippen LogP contribution in [0.3, 0.4) is 0 Å². The topological polar surface area (TPSA) is 27.6 Å². The van der Waals surface area contributed by atoms with Gasteiger partial charge in [0, 0.05) is 12.2 Å². The summed E-state index contributed by atoms with van der Waals surface area (Å²) in [5.41, 5.74) is 0.653. The van der Waals surface area contributed by atoms with Crippen molar-refractivity contribution in [1.29, 1.82) is 0 Å². The monoisotopic (exact) mass is 223 g/mol. The van der Waals surface area contributed by atoms with Gasteiger partial charge in [-0.25, -0.2) is 4.39 Å². The van der Waals surface area contributed by atoms with E-state index in [1.807, 2.05) is 4.90 Å². The molecule has 3 nitrogen and oxygen atoms in total. The zero-order chi connectivity index (χ0) is 10.7. The summed E-state index contributed by atoms with van der Waals surface area (Å²) in [6, 6.07) is 6.20. The van der Waals surface area contributed by atoms with Gasteiger partial charge >= 0.3 is 0 Å². The van der Waals surface area contributed by atoms with E-state index in [1.54, 1.807) is 18.5 Å². The molecule has 0 radical (unpaired) electrons. The lowest BCUT2D eigenvalue weighted by Gasteiger charge is -2.16. The molecule has 15 heavy (non-hydrogen) atoms. The van der Waals surface area contributed by atoms with Gasteiger partial charge in [0.2, 0.25) is 0 Å². The number of hydrogen-bond acceptors (Lipinski definition) is 2. The first kappa shape index (κ1) is 10.0. The third-order valence-electron chi connectivity index (χ3n) is 2.03. The van der Waals surface area contributed by atoms with Gasteiger partial charge in [0.25, 0.3) is 0 Å². The molecule has 0 fully saturated rings. The molecule has 2 rings (SSSR count). The molecule has 1 heterocycles. The molecule has 1 aliphatic heterocycles. The number of nitrogens with one attached hydrogen (secondary N) is 1. The smallest absolute Gasteiger partial charge is 0.178 e. The summed E-state index contributed by atoms with van der Waals surface area (Å²) in [7, 11) is 0. The lowest BCUT2D eigenvalue weighted by molar-refractivity contribution is 0.628. The highest BCUT2D eigenvalue weighted by Crippen LogP contribution is 2.10. The largest absolute Gasteiger partial charge is 0.332 e. The Morgan fingerprint density at radius 3 is 3.07 bits per heavy atom. The molecule has 0 saturated heterocycles. The Hall–Kier alpha value is -1.49. The molecule has 0 amide bonds. The minimum absolute atomic E-state index is 0.280. The van der Waals surface area contributed by atoms with E-state index >= 15 is 0 Å². The minimum Gasteiger partial charge on any atom is -0.332 e. The third kappa shape index (κ3) is 2.50. The van der Waals surface area contributed by atoms with Gasteiger partial charge in [-0.3, -0.25) is 4.99 Å². The number of benzene rings is 1. The average Bonchev–Trinajstić information content (AvgIpc) is 2.70. The van der Waals surface area contributed by atoms with Crippen molar-refractivity contribution in [1.82, 2.24) is 4.90 Å². The van der Waals surface area contributed by atoms with Crippen LogP contribution in [-0.4, -0.2) is 29.4 Å². The molecule has 1 aliphatic rings. The van der Waals surface area contributed by atoms with Gasteiger partial charge in [0.15, 0.2) is 5.11 Å². The predicted octanol–water partition coefficient (Wildman–Crippen LogP) is 1.87. The summed E-state index contributed by atoms with van der Waals surface area (Å²) in [5.74, 6) is -0.280. The predicted molar refractivity (Wildman–Crippen MR) is 62.7 cm³/mol. The van der Waals surface area contributed by atoms with Crippen LogP contribution in [-0.2, 0) is 0 Å². The molecule has 1 aromatic carbocycles. The van der Waals surface area contributed by atoms with Crippen LogP contribution in [0.1, 0.15) is 0 Å². The van der Waals surface area contributed by atoms with Gasteiger partial charge in [-0.1, -0.05) is 6.07 Å². The number of nitrogens with zero attached hydrogens (tertiary/aromatic N) is 2. The number of anilines is 1. The second-order valence-corrected chi connectivity index (χ2v) is 3.54. The molecule has 0 bridgehead atoms. The van der Waals surface area contributed by atoms with Crippen molar-refractivity contribution in [3.05, 3.63) is 30.1 Å². The van der Waals surface area contributed by atoms with Crippen molar-refractivity contribution in [2.24, 2.45) is 4.99 Å². The first-order valence-electron chi connectivity index (χ1n) is 4.59. The van der Waals surface area contributed by atoms with Gasteiger partial charge in [-0.2, -0.15) is 0 Å². The molecule has 0 spiro atoms. The van der Waals surface area contributed by atoms with Gasteiger partial charge < -0.3 is 10.2 Å². The summed E-state index contributed by atoms with van der Waals surface area (Å²) in [6.07, 6.45) is 1.69. The van der Waals surface area contributed by atoms with Crippen LogP contribution in [0.15, 0.2) is 29.3 Å². The van der Waals surface area contributed by atoms with E-state index < -0.39 is 0 Å². The highest BCUT2D eigenvalue weighted by molar-refractivity contribution is 7.80. The summed E-state index contributed by atoms with van der Waals surface area (Å²) >= 11 is 5.14. The van der Waals surface area contributed by atoms with E-state index in [-0.39, 0.29) is 5.82 Å². The van der Waals surface area contributed by atoms with Gasteiger partial charge in [0.1, 0.15) is 5.82 Å². The summed E-state index contributed by atoms with van der Waals surface area (Å²) in [6.45, 7) is 1.53. The van der Waals surface area contributed by atoms with E-state index in [9.17, 15) is 4.39 Å². The van der Waals surface area contributed by atoms with E-state index in [0.717, 1.165) is 13.1 Å². The maximum atomic E-state index is 12.9. The number of rotatable bonds is 1. The molecule has 5 heteroatoms. The van der Waals surface area contributed by atoms with E-state index in [0.29, 0.717) is 10.8 Å². The molecule has 1 N–H and O–H groups in total. The van der Waals surface area contributed by atoms with Crippen molar-refractivity contribution < 1.29 is 4.39 Å². The lowest BCUT2D eigenvalue weighted by Crippen LogP contribution is -2.32. The molecule has 0 unspecified atom stereocenters. The molecule has 1 aromatic rings. The van der Waals surface area contributed by atoms with Crippen LogP contribution in [0.5, 0.6) is 0 Å². The van der Waals surface area contributed by atoms with Crippen molar-refractivity contribution >= 4 is 29.4 Å². The normalized spacial score (nSPS) is 14.3. The summed E-state index contributed by atoms with van der Waals surface area (Å²) in [5, 5.41) is 3.49. The standard InChI is InChI=1S/C10H10FN3S/c11-8-2-1-3-9(6-8)13-10(15)14-5-4-12-7-14/h1-3,6-7H,4-5H2,(H,13,15). The quantitative estimate of drug-likeness (QED) is 0.736. The van der Waals surface area contributed by atoms with Crippen LogP contribution in [0, 0.1) is 5.82 Å². The SMILES string of the molecule is Fc1cccc(NC(=S)N2C=NCC2)c1. The maximum Gasteiger partial charge on any atom is 0.178 e. The van der Waals surface area contributed by atoms with E-state index in [4.69, 9.17) is 12.2 Å². The van der Waals surface area contributed by atoms with Crippen molar-refractivity contribution in [3.63, 3.8) is 0 Å². The molecule has 0 atom stereocenters. The molecule has 78 valence electrons.